The summed E-state index contributed by atoms with van der Waals surface area (Å²) in [6, 6.07) is 18.1. The molecule has 2 aromatic carbocycles. The molecule has 0 saturated heterocycles. The van der Waals surface area contributed by atoms with Crippen molar-refractivity contribution in [1.29, 1.82) is 0 Å². The van der Waals surface area contributed by atoms with E-state index in [1.807, 2.05) is 12.1 Å². The third kappa shape index (κ3) is 4.26. The van der Waals surface area contributed by atoms with Gasteiger partial charge in [0.05, 0.1) is 5.56 Å². The van der Waals surface area contributed by atoms with E-state index in [0.717, 1.165) is 25.7 Å². The van der Waals surface area contributed by atoms with Crippen LogP contribution in [0.25, 0.3) is 0 Å². The molecule has 0 spiro atoms. The first-order valence-electron chi connectivity index (χ1n) is 7.94. The number of benzene rings is 2. The van der Waals surface area contributed by atoms with E-state index in [1.165, 1.54) is 5.56 Å². The first-order valence-corrected chi connectivity index (χ1v) is 7.94. The van der Waals surface area contributed by atoms with Crippen LogP contribution in [-0.4, -0.2) is 11.9 Å². The maximum absolute atomic E-state index is 12.3. The minimum atomic E-state index is -0.0544. The highest BCUT2D eigenvalue weighted by atomic mass is 35.5. The highest BCUT2D eigenvalue weighted by molar-refractivity contribution is 5.99. The summed E-state index contributed by atoms with van der Waals surface area (Å²) in [6.45, 7) is 0. The van der Waals surface area contributed by atoms with Gasteiger partial charge in [0.1, 0.15) is 0 Å². The summed E-state index contributed by atoms with van der Waals surface area (Å²) in [5, 5.41) is 3.13. The highest BCUT2D eigenvalue weighted by Crippen LogP contribution is 2.32. The van der Waals surface area contributed by atoms with Gasteiger partial charge in [-0.3, -0.25) is 4.79 Å². The Morgan fingerprint density at radius 1 is 0.913 bits per heavy atom. The number of nitrogens with two attached hydrogens (primary N) is 1. The molecule has 0 aliphatic heterocycles. The topological polar surface area (TPSA) is 55.1 Å². The zero-order chi connectivity index (χ0) is 15.4. The third-order valence-corrected chi connectivity index (χ3v) is 4.54. The van der Waals surface area contributed by atoms with Gasteiger partial charge in [0.25, 0.3) is 5.91 Å². The summed E-state index contributed by atoms with van der Waals surface area (Å²) in [7, 11) is 0. The van der Waals surface area contributed by atoms with Crippen LogP contribution in [0.3, 0.4) is 0 Å². The Hall–Kier alpha value is -2.00. The summed E-state index contributed by atoms with van der Waals surface area (Å²) < 4.78 is 0. The number of hydrogen-bond acceptors (Lipinski definition) is 2. The third-order valence-electron chi connectivity index (χ3n) is 4.54. The molecule has 2 aromatic rings. The van der Waals surface area contributed by atoms with Gasteiger partial charge in [-0.1, -0.05) is 42.5 Å². The molecule has 0 aromatic heterocycles. The van der Waals surface area contributed by atoms with Crippen LogP contribution in [0.2, 0.25) is 0 Å². The van der Waals surface area contributed by atoms with E-state index in [4.69, 9.17) is 5.73 Å². The van der Waals surface area contributed by atoms with Crippen LogP contribution < -0.4 is 11.1 Å². The van der Waals surface area contributed by atoms with E-state index in [1.54, 1.807) is 12.1 Å². The summed E-state index contributed by atoms with van der Waals surface area (Å²) in [4.78, 5) is 12.3. The van der Waals surface area contributed by atoms with Crippen LogP contribution in [0, 0.1) is 0 Å². The number of carbonyl (C=O) groups excluding carboxylic acids is 1. The van der Waals surface area contributed by atoms with Crippen molar-refractivity contribution in [2.24, 2.45) is 0 Å². The Labute approximate surface area is 143 Å². The van der Waals surface area contributed by atoms with Gasteiger partial charge in [-0.25, -0.2) is 0 Å². The molecule has 4 heteroatoms. The summed E-state index contributed by atoms with van der Waals surface area (Å²) in [5.41, 5.74) is 8.40. The van der Waals surface area contributed by atoms with Gasteiger partial charge in [-0.05, 0) is 49.3 Å². The van der Waals surface area contributed by atoms with Gasteiger partial charge in [-0.2, -0.15) is 0 Å². The molecule has 23 heavy (non-hydrogen) atoms. The number of para-hydroxylation sites is 1. The lowest BCUT2D eigenvalue weighted by molar-refractivity contribution is 0.0926. The van der Waals surface area contributed by atoms with E-state index < -0.39 is 0 Å². The zero-order valence-electron chi connectivity index (χ0n) is 13.1. The van der Waals surface area contributed by atoms with Crippen LogP contribution in [0.4, 0.5) is 5.69 Å². The largest absolute Gasteiger partial charge is 0.398 e. The number of amides is 1. The van der Waals surface area contributed by atoms with Crippen LogP contribution in [0.1, 0.15) is 47.5 Å². The quantitative estimate of drug-likeness (QED) is 0.831. The van der Waals surface area contributed by atoms with Crippen molar-refractivity contribution in [3.63, 3.8) is 0 Å². The van der Waals surface area contributed by atoms with Crippen molar-refractivity contribution in [3.05, 3.63) is 65.7 Å². The monoisotopic (exact) mass is 330 g/mol. The van der Waals surface area contributed by atoms with E-state index >= 15 is 0 Å². The minimum Gasteiger partial charge on any atom is -0.398 e. The molecule has 0 heterocycles. The predicted octanol–water partition coefficient (Wildman–Crippen LogP) is 4.15. The molecule has 3 rings (SSSR count). The van der Waals surface area contributed by atoms with E-state index in [-0.39, 0.29) is 24.4 Å². The molecule has 1 amide bonds. The summed E-state index contributed by atoms with van der Waals surface area (Å²) in [6.07, 6.45) is 4.30. The molecule has 0 unspecified atom stereocenters. The SMILES string of the molecule is Cl.Nc1ccccc1C(=O)NC1CCC(c2ccccc2)CC1. The molecular formula is C19H23ClN2O. The van der Waals surface area contributed by atoms with Crippen LogP contribution >= 0.6 is 12.4 Å². The molecule has 3 nitrogen and oxygen atoms in total. The van der Waals surface area contributed by atoms with E-state index in [0.29, 0.717) is 17.2 Å². The summed E-state index contributed by atoms with van der Waals surface area (Å²) in [5.74, 6) is 0.567. The van der Waals surface area contributed by atoms with Gasteiger partial charge in [-0.15, -0.1) is 12.4 Å². The zero-order valence-corrected chi connectivity index (χ0v) is 13.9. The van der Waals surface area contributed by atoms with E-state index in [9.17, 15) is 4.79 Å². The second-order valence-corrected chi connectivity index (χ2v) is 6.02. The number of halogens is 1. The van der Waals surface area contributed by atoms with Crippen LogP contribution in [0.5, 0.6) is 0 Å². The van der Waals surface area contributed by atoms with Crippen molar-refractivity contribution in [3.8, 4) is 0 Å². The number of carbonyl (C=O) groups is 1. The normalized spacial score (nSPS) is 20.3. The van der Waals surface area contributed by atoms with Crippen molar-refractivity contribution in [1.82, 2.24) is 5.32 Å². The van der Waals surface area contributed by atoms with Crippen molar-refractivity contribution in [2.45, 2.75) is 37.6 Å². The Balaban J connectivity index is 0.00000192. The fourth-order valence-corrected chi connectivity index (χ4v) is 3.26. The molecule has 0 radical (unpaired) electrons. The molecule has 1 fully saturated rings. The number of anilines is 1. The second-order valence-electron chi connectivity index (χ2n) is 6.02. The molecule has 0 bridgehead atoms. The van der Waals surface area contributed by atoms with Gasteiger partial charge in [0.15, 0.2) is 0 Å². The lowest BCUT2D eigenvalue weighted by Crippen LogP contribution is -2.37. The standard InChI is InChI=1S/C19H22N2O.ClH/c20-18-9-5-4-8-17(18)19(22)21-16-12-10-15(11-13-16)14-6-2-1-3-7-14;/h1-9,15-16H,10-13,20H2,(H,21,22);1H. The van der Waals surface area contributed by atoms with Crippen molar-refractivity contribution in [2.75, 3.05) is 5.73 Å². The first kappa shape index (κ1) is 17.4. The Morgan fingerprint density at radius 3 is 2.17 bits per heavy atom. The number of nitrogens with one attached hydrogen (secondary N) is 1. The van der Waals surface area contributed by atoms with E-state index in [2.05, 4.69) is 35.6 Å². The molecular weight excluding hydrogens is 308 g/mol. The molecule has 122 valence electrons. The smallest absolute Gasteiger partial charge is 0.253 e. The highest BCUT2D eigenvalue weighted by Gasteiger charge is 2.24. The molecule has 1 aliphatic rings. The molecule has 1 aliphatic carbocycles. The van der Waals surface area contributed by atoms with Gasteiger partial charge >= 0.3 is 0 Å². The lowest BCUT2D eigenvalue weighted by Gasteiger charge is -2.29. The van der Waals surface area contributed by atoms with Gasteiger partial charge in [0.2, 0.25) is 0 Å². The predicted molar refractivity (Wildman–Crippen MR) is 97.0 cm³/mol. The average molecular weight is 331 g/mol. The Kier molecular flexibility index (Phi) is 6.05. The number of rotatable bonds is 3. The molecule has 0 atom stereocenters. The fraction of sp³-hybridized carbons (Fsp3) is 0.316. The minimum absolute atomic E-state index is 0. The second kappa shape index (κ2) is 8.02. The molecule has 1 saturated carbocycles. The van der Waals surface area contributed by atoms with Crippen LogP contribution in [-0.2, 0) is 0 Å². The number of hydrogen-bond donors (Lipinski definition) is 2. The van der Waals surface area contributed by atoms with Gasteiger partial charge < -0.3 is 11.1 Å². The van der Waals surface area contributed by atoms with Gasteiger partial charge in [0, 0.05) is 11.7 Å². The van der Waals surface area contributed by atoms with Crippen molar-refractivity contribution < 1.29 is 4.79 Å². The average Bonchev–Trinajstić information content (AvgIpc) is 2.57. The Bertz CT molecular complexity index is 637. The molecule has 3 N–H and O–H groups in total. The van der Waals surface area contributed by atoms with Crippen molar-refractivity contribution >= 4 is 24.0 Å². The maximum atomic E-state index is 12.3. The fourth-order valence-electron chi connectivity index (χ4n) is 3.26. The summed E-state index contributed by atoms with van der Waals surface area (Å²) >= 11 is 0. The number of nitrogen functional groups attached to an aromatic ring is 1. The Morgan fingerprint density at radius 2 is 1.52 bits per heavy atom. The maximum Gasteiger partial charge on any atom is 0.253 e. The first-order chi connectivity index (χ1) is 10.7. The van der Waals surface area contributed by atoms with Crippen LogP contribution in [0.15, 0.2) is 54.6 Å². The lowest BCUT2D eigenvalue weighted by atomic mass is 9.81.